The Morgan fingerprint density at radius 3 is 2.29 bits per heavy atom. The summed E-state index contributed by atoms with van der Waals surface area (Å²) in [7, 11) is 1.68. The van der Waals surface area contributed by atoms with Crippen LogP contribution in [0.2, 0.25) is 0 Å². The molecule has 248 valence electrons. The Kier molecular flexibility index (Phi) is 19.1. The molecule has 8 nitrogen and oxygen atoms in total. The third kappa shape index (κ3) is 13.4. The summed E-state index contributed by atoms with van der Waals surface area (Å²) in [4.78, 5) is 35.0. The van der Waals surface area contributed by atoms with Gasteiger partial charge in [0.2, 0.25) is 6.41 Å². The number of amides is 1. The fourth-order valence-corrected chi connectivity index (χ4v) is 5.42. The maximum atomic E-state index is 11.3. The maximum absolute atomic E-state index is 11.3. The summed E-state index contributed by atoms with van der Waals surface area (Å²) in [5.74, 6) is 2.15. The van der Waals surface area contributed by atoms with Gasteiger partial charge in [-0.2, -0.15) is 0 Å². The Morgan fingerprint density at radius 2 is 1.71 bits per heavy atom. The SMILES string of the molecule is C#C.CC.CCC(=O)CCCCCCc1ncc(-c2cc3ccc(C)nc3cc2OC)[nH]1.CCN1CCC2(CC1)CC2.NC=O. The van der Waals surface area contributed by atoms with E-state index in [2.05, 4.69) is 57.5 Å². The molecule has 1 saturated heterocycles. The van der Waals surface area contributed by atoms with Gasteiger partial charge in [-0.25, -0.2) is 4.98 Å². The van der Waals surface area contributed by atoms with Crippen molar-refractivity contribution in [2.24, 2.45) is 11.1 Å². The average molecular weight is 620 g/mol. The predicted octanol–water partition coefficient (Wildman–Crippen LogP) is 7.67. The van der Waals surface area contributed by atoms with Crippen LogP contribution in [0.3, 0.4) is 0 Å². The number of Topliss-reactive ketones (excluding diaryl/α,β-unsaturated/α-hetero) is 1. The second-order valence-electron chi connectivity index (χ2n) is 11.3. The normalized spacial score (nSPS) is 14.2. The summed E-state index contributed by atoms with van der Waals surface area (Å²) in [6.45, 7) is 14.2. The number of nitrogens with two attached hydrogens (primary N) is 1. The summed E-state index contributed by atoms with van der Waals surface area (Å²) in [5, 5.41) is 1.08. The van der Waals surface area contributed by atoms with Crippen LogP contribution in [0.15, 0.2) is 30.5 Å². The molecule has 1 aromatic carbocycles. The van der Waals surface area contributed by atoms with Crippen molar-refractivity contribution in [3.63, 3.8) is 0 Å². The zero-order valence-corrected chi connectivity index (χ0v) is 28.7. The number of imidazole rings is 1. The minimum absolute atomic E-state index is 0.250. The van der Waals surface area contributed by atoms with E-state index in [4.69, 9.17) is 9.53 Å². The van der Waals surface area contributed by atoms with Crippen molar-refractivity contribution in [1.29, 1.82) is 0 Å². The quantitative estimate of drug-likeness (QED) is 0.129. The number of aromatic nitrogens is 3. The van der Waals surface area contributed by atoms with Crippen molar-refractivity contribution in [1.82, 2.24) is 19.9 Å². The Hall–Kier alpha value is -3.70. The summed E-state index contributed by atoms with van der Waals surface area (Å²) < 4.78 is 5.60. The number of methoxy groups -OCH3 is 1. The number of nitrogens with zero attached hydrogens (tertiary/aromatic N) is 3. The van der Waals surface area contributed by atoms with Crippen LogP contribution < -0.4 is 10.5 Å². The molecular formula is C37H57N5O3. The zero-order chi connectivity index (χ0) is 33.7. The number of carbonyl (C=O) groups excluding carboxylic acids is 2. The van der Waals surface area contributed by atoms with Gasteiger partial charge < -0.3 is 20.4 Å². The van der Waals surface area contributed by atoms with E-state index in [1.54, 1.807) is 7.11 Å². The van der Waals surface area contributed by atoms with E-state index in [0.717, 1.165) is 83.4 Å². The molecule has 5 rings (SSSR count). The lowest BCUT2D eigenvalue weighted by Crippen LogP contribution is -2.34. The number of likely N-dealkylation sites (tertiary alicyclic amines) is 1. The van der Waals surface area contributed by atoms with E-state index >= 15 is 0 Å². The molecule has 2 aromatic heterocycles. The van der Waals surface area contributed by atoms with Crippen molar-refractivity contribution in [3.05, 3.63) is 42.0 Å². The molecule has 2 fully saturated rings. The second kappa shape index (κ2) is 21.9. The molecule has 1 amide bonds. The smallest absolute Gasteiger partial charge is 0.204 e. The molecule has 1 spiro atoms. The number of primary amides is 1. The minimum Gasteiger partial charge on any atom is -0.496 e. The zero-order valence-electron chi connectivity index (χ0n) is 28.7. The van der Waals surface area contributed by atoms with Gasteiger partial charge in [0, 0.05) is 42.0 Å². The van der Waals surface area contributed by atoms with Gasteiger partial charge >= 0.3 is 0 Å². The van der Waals surface area contributed by atoms with E-state index in [0.29, 0.717) is 12.2 Å². The number of benzene rings is 1. The lowest BCUT2D eigenvalue weighted by atomic mass is 9.94. The molecule has 45 heavy (non-hydrogen) atoms. The minimum atomic E-state index is 0.250. The fraction of sp³-hybridized carbons (Fsp3) is 0.568. The number of aromatic amines is 1. The van der Waals surface area contributed by atoms with Crippen LogP contribution in [0.4, 0.5) is 0 Å². The third-order valence-electron chi connectivity index (χ3n) is 8.40. The molecule has 3 aromatic rings. The molecule has 2 aliphatic rings. The number of piperidine rings is 1. The monoisotopic (exact) mass is 619 g/mol. The number of aryl methyl sites for hydroxylation is 2. The molecule has 1 aliphatic heterocycles. The second-order valence-corrected chi connectivity index (χ2v) is 11.3. The van der Waals surface area contributed by atoms with Gasteiger partial charge in [0.15, 0.2) is 0 Å². The standard InChI is InChI=1S/C23H29N3O2.C9H17N.C2H6.C2H2.CH3NO/c1-4-18(27)9-7-5-6-8-10-23-24-15-21(26-23)19-13-17-12-11-16(2)25-20(17)14-22(19)28-3;1-2-10-7-5-9(3-4-9)6-8-10;2*1-2;2-1-3/h11-15H,4-10H2,1-3H3,(H,24,26);2-8H2,1H3;1-2H3;1-2H;1H,(H2,2,3). The predicted molar refractivity (Wildman–Crippen MR) is 187 cm³/mol. The molecular weight excluding hydrogens is 562 g/mol. The fourth-order valence-electron chi connectivity index (χ4n) is 5.42. The third-order valence-corrected chi connectivity index (χ3v) is 8.40. The number of ketones is 1. The van der Waals surface area contributed by atoms with Crippen LogP contribution in [-0.4, -0.2) is 58.8 Å². The Labute approximate surface area is 271 Å². The van der Waals surface area contributed by atoms with E-state index < -0.39 is 0 Å². The number of rotatable bonds is 11. The number of hydrogen-bond donors (Lipinski definition) is 2. The molecule has 0 atom stereocenters. The number of carbonyl (C=O) groups is 2. The summed E-state index contributed by atoms with van der Waals surface area (Å²) in [6, 6.07) is 8.19. The Morgan fingerprint density at radius 1 is 1.07 bits per heavy atom. The van der Waals surface area contributed by atoms with Gasteiger partial charge in [-0.3, -0.25) is 14.6 Å². The lowest BCUT2D eigenvalue weighted by molar-refractivity contribution is -0.118. The van der Waals surface area contributed by atoms with E-state index in [9.17, 15) is 4.79 Å². The van der Waals surface area contributed by atoms with Crippen molar-refractivity contribution < 1.29 is 14.3 Å². The molecule has 8 heteroatoms. The Balaban J connectivity index is 0.000000489. The molecule has 0 bridgehead atoms. The van der Waals surface area contributed by atoms with Gasteiger partial charge in [0.05, 0.1) is 24.5 Å². The average Bonchev–Trinajstić information content (AvgIpc) is 3.66. The van der Waals surface area contributed by atoms with Crippen LogP contribution in [-0.2, 0) is 16.0 Å². The number of unbranched alkanes of at least 4 members (excludes halogenated alkanes) is 3. The maximum Gasteiger partial charge on any atom is 0.204 e. The van der Waals surface area contributed by atoms with E-state index in [1.807, 2.05) is 46.0 Å². The lowest BCUT2D eigenvalue weighted by Gasteiger charge is -2.30. The van der Waals surface area contributed by atoms with Gasteiger partial charge in [-0.15, -0.1) is 12.8 Å². The van der Waals surface area contributed by atoms with Gasteiger partial charge in [-0.1, -0.05) is 46.6 Å². The first-order chi connectivity index (χ1) is 21.9. The molecule has 3 N–H and O–H groups in total. The molecule has 0 unspecified atom stereocenters. The van der Waals surface area contributed by atoms with Crippen LogP contribution >= 0.6 is 0 Å². The van der Waals surface area contributed by atoms with Crippen molar-refractivity contribution in [3.8, 4) is 29.9 Å². The van der Waals surface area contributed by atoms with Crippen LogP contribution in [0.1, 0.15) is 103 Å². The first-order valence-electron chi connectivity index (χ1n) is 16.6. The topological polar surface area (TPSA) is 114 Å². The molecule has 0 radical (unpaired) electrons. The first kappa shape index (κ1) is 39.3. The molecule has 1 aliphatic carbocycles. The highest BCUT2D eigenvalue weighted by molar-refractivity contribution is 5.87. The number of pyridine rings is 1. The summed E-state index contributed by atoms with van der Waals surface area (Å²) >= 11 is 0. The van der Waals surface area contributed by atoms with Crippen LogP contribution in [0, 0.1) is 25.2 Å². The largest absolute Gasteiger partial charge is 0.496 e. The highest BCUT2D eigenvalue weighted by Crippen LogP contribution is 2.53. The highest BCUT2D eigenvalue weighted by atomic mass is 16.5. The summed E-state index contributed by atoms with van der Waals surface area (Å²) in [5.41, 5.74) is 8.92. The first-order valence-corrected chi connectivity index (χ1v) is 16.6. The number of H-pyrrole nitrogens is 1. The van der Waals surface area contributed by atoms with Crippen LogP contribution in [0.5, 0.6) is 5.75 Å². The van der Waals surface area contributed by atoms with E-state index in [1.165, 1.54) is 45.3 Å². The van der Waals surface area contributed by atoms with Crippen molar-refractivity contribution in [2.75, 3.05) is 26.7 Å². The van der Waals surface area contributed by atoms with Gasteiger partial charge in [0.25, 0.3) is 0 Å². The molecule has 1 saturated carbocycles. The number of fused-ring (bicyclic) bond motifs is 1. The number of ether oxygens (including phenoxy) is 1. The molecule has 3 heterocycles. The Bertz CT molecular complexity index is 1290. The van der Waals surface area contributed by atoms with Crippen molar-refractivity contribution in [2.45, 2.75) is 105 Å². The highest BCUT2D eigenvalue weighted by Gasteiger charge is 2.43. The summed E-state index contributed by atoms with van der Waals surface area (Å²) in [6.07, 6.45) is 22.8. The van der Waals surface area contributed by atoms with Gasteiger partial charge in [-0.05, 0) is 82.6 Å². The van der Waals surface area contributed by atoms with Crippen LogP contribution in [0.25, 0.3) is 22.2 Å². The number of nitrogens with one attached hydrogen (secondary N) is 1. The van der Waals surface area contributed by atoms with Gasteiger partial charge in [0.1, 0.15) is 17.4 Å². The number of terminal acetylenes is 1. The number of hydrogen-bond acceptors (Lipinski definition) is 6. The van der Waals surface area contributed by atoms with Crippen molar-refractivity contribution >= 4 is 23.1 Å². The van der Waals surface area contributed by atoms with E-state index in [-0.39, 0.29) is 6.41 Å².